The lowest BCUT2D eigenvalue weighted by Gasteiger charge is -2.38. The monoisotopic (exact) mass is 295 g/mol. The number of aliphatic hydroxyl groups excluding tert-OH is 1. The molecule has 1 aromatic carbocycles. The Morgan fingerprint density at radius 3 is 2.76 bits per heavy atom. The molecule has 0 amide bonds. The van der Waals surface area contributed by atoms with Crippen LogP contribution >= 0.6 is 0 Å². The molecular weight excluding hydrogens is 270 g/mol. The Morgan fingerprint density at radius 2 is 2.10 bits per heavy atom. The molecular formula is C16H25NO4. The summed E-state index contributed by atoms with van der Waals surface area (Å²) in [6.07, 6.45) is -0.427. The van der Waals surface area contributed by atoms with Crippen molar-refractivity contribution >= 4 is 0 Å². The van der Waals surface area contributed by atoms with Gasteiger partial charge in [0.15, 0.2) is 0 Å². The molecule has 0 spiro atoms. The Morgan fingerprint density at radius 1 is 1.33 bits per heavy atom. The van der Waals surface area contributed by atoms with Crippen molar-refractivity contribution in [2.75, 3.05) is 33.9 Å². The summed E-state index contributed by atoms with van der Waals surface area (Å²) in [5.41, 5.74) is 0.753. The van der Waals surface area contributed by atoms with Crippen LogP contribution in [0, 0.1) is 0 Å². The Labute approximate surface area is 126 Å². The number of methoxy groups -OCH3 is 2. The number of nitrogens with zero attached hydrogens (tertiary/aromatic N) is 1. The predicted octanol–water partition coefficient (Wildman–Crippen LogP) is 1.85. The molecule has 118 valence electrons. The number of morpholine rings is 1. The first-order valence-corrected chi connectivity index (χ1v) is 7.30. The molecule has 1 aliphatic rings. The van der Waals surface area contributed by atoms with Crippen LogP contribution in [0.2, 0.25) is 0 Å². The molecule has 3 unspecified atom stereocenters. The SMILES string of the molecule is COc1ccc(OC)c(C(O)CN2CC(C)OCC2C)c1. The van der Waals surface area contributed by atoms with Crippen LogP contribution in [0.3, 0.4) is 0 Å². The highest BCUT2D eigenvalue weighted by Crippen LogP contribution is 2.30. The van der Waals surface area contributed by atoms with Gasteiger partial charge in [-0.15, -0.1) is 0 Å². The zero-order chi connectivity index (χ0) is 15.4. The largest absolute Gasteiger partial charge is 0.497 e. The smallest absolute Gasteiger partial charge is 0.124 e. The number of hydrogen-bond donors (Lipinski definition) is 1. The zero-order valence-electron chi connectivity index (χ0n) is 13.2. The number of hydrogen-bond acceptors (Lipinski definition) is 5. The first-order valence-electron chi connectivity index (χ1n) is 7.30. The average Bonchev–Trinajstić information content (AvgIpc) is 2.50. The predicted molar refractivity (Wildman–Crippen MR) is 81.0 cm³/mol. The third-order valence-corrected chi connectivity index (χ3v) is 3.94. The first-order chi connectivity index (χ1) is 10.0. The van der Waals surface area contributed by atoms with E-state index in [0.717, 1.165) is 12.1 Å². The quantitative estimate of drug-likeness (QED) is 0.898. The summed E-state index contributed by atoms with van der Waals surface area (Å²) >= 11 is 0. The highest BCUT2D eigenvalue weighted by molar-refractivity contribution is 5.41. The summed E-state index contributed by atoms with van der Waals surface area (Å²) in [7, 11) is 3.22. The molecule has 0 aliphatic carbocycles. The third kappa shape index (κ3) is 3.87. The van der Waals surface area contributed by atoms with E-state index in [1.165, 1.54) is 0 Å². The molecule has 0 saturated carbocycles. The molecule has 5 heteroatoms. The fraction of sp³-hybridized carbons (Fsp3) is 0.625. The maximum atomic E-state index is 10.6. The van der Waals surface area contributed by atoms with Gasteiger partial charge in [-0.1, -0.05) is 0 Å². The number of rotatable bonds is 5. The molecule has 1 aromatic rings. The van der Waals surface area contributed by atoms with E-state index in [1.54, 1.807) is 14.2 Å². The van der Waals surface area contributed by atoms with Crippen LogP contribution in [0.15, 0.2) is 18.2 Å². The number of β-amino-alcohol motifs (C(OH)–C–C–N with tert-alkyl or cyclic N) is 1. The Bertz CT molecular complexity index is 466. The Balaban J connectivity index is 2.13. The lowest BCUT2D eigenvalue weighted by Crippen LogP contribution is -2.48. The standard InChI is InChI=1S/C16H25NO4/c1-11-10-21-12(2)8-17(11)9-15(18)14-7-13(19-3)5-6-16(14)20-4/h5-7,11-12,15,18H,8-10H2,1-4H3. The Hall–Kier alpha value is -1.30. The van der Waals surface area contributed by atoms with Crippen molar-refractivity contribution < 1.29 is 19.3 Å². The van der Waals surface area contributed by atoms with Crippen LogP contribution in [0.4, 0.5) is 0 Å². The summed E-state index contributed by atoms with van der Waals surface area (Å²) in [4.78, 5) is 2.25. The van der Waals surface area contributed by atoms with E-state index < -0.39 is 6.10 Å². The average molecular weight is 295 g/mol. The summed E-state index contributed by atoms with van der Waals surface area (Å²) in [5, 5.41) is 10.6. The van der Waals surface area contributed by atoms with Gasteiger partial charge in [-0.2, -0.15) is 0 Å². The van der Waals surface area contributed by atoms with Gasteiger partial charge >= 0.3 is 0 Å². The van der Waals surface area contributed by atoms with E-state index >= 15 is 0 Å². The number of benzene rings is 1. The lowest BCUT2D eigenvalue weighted by atomic mass is 10.1. The van der Waals surface area contributed by atoms with E-state index in [2.05, 4.69) is 18.7 Å². The van der Waals surface area contributed by atoms with Gasteiger partial charge in [0.2, 0.25) is 0 Å². The van der Waals surface area contributed by atoms with Crippen molar-refractivity contribution in [3.63, 3.8) is 0 Å². The van der Waals surface area contributed by atoms with Crippen LogP contribution in [-0.2, 0) is 4.74 Å². The second-order valence-electron chi connectivity index (χ2n) is 5.57. The van der Waals surface area contributed by atoms with Crippen LogP contribution < -0.4 is 9.47 Å². The highest BCUT2D eigenvalue weighted by atomic mass is 16.5. The van der Waals surface area contributed by atoms with Crippen molar-refractivity contribution in [1.82, 2.24) is 4.90 Å². The topological polar surface area (TPSA) is 51.2 Å². The number of aliphatic hydroxyl groups is 1. The highest BCUT2D eigenvalue weighted by Gasteiger charge is 2.26. The van der Waals surface area contributed by atoms with Crippen molar-refractivity contribution in [2.45, 2.75) is 32.1 Å². The van der Waals surface area contributed by atoms with E-state index in [1.807, 2.05) is 18.2 Å². The fourth-order valence-electron chi connectivity index (χ4n) is 2.65. The number of ether oxygens (including phenoxy) is 3. The van der Waals surface area contributed by atoms with Crippen LogP contribution in [0.25, 0.3) is 0 Å². The molecule has 1 aliphatic heterocycles. The van der Waals surface area contributed by atoms with E-state index in [0.29, 0.717) is 30.7 Å². The minimum Gasteiger partial charge on any atom is -0.497 e. The van der Waals surface area contributed by atoms with Gasteiger partial charge in [0, 0.05) is 24.7 Å². The molecule has 2 rings (SSSR count). The minimum absolute atomic E-state index is 0.195. The van der Waals surface area contributed by atoms with Gasteiger partial charge in [-0.3, -0.25) is 4.90 Å². The molecule has 1 heterocycles. The van der Waals surface area contributed by atoms with Crippen molar-refractivity contribution in [2.24, 2.45) is 0 Å². The van der Waals surface area contributed by atoms with Crippen LogP contribution in [0.1, 0.15) is 25.5 Å². The van der Waals surface area contributed by atoms with E-state index in [4.69, 9.17) is 14.2 Å². The second kappa shape index (κ2) is 7.11. The van der Waals surface area contributed by atoms with Crippen LogP contribution in [0.5, 0.6) is 11.5 Å². The van der Waals surface area contributed by atoms with Gasteiger partial charge < -0.3 is 19.3 Å². The summed E-state index contributed by atoms with van der Waals surface area (Å²) in [6, 6.07) is 5.78. The minimum atomic E-state index is -0.622. The maximum Gasteiger partial charge on any atom is 0.124 e. The van der Waals surface area contributed by atoms with Crippen molar-refractivity contribution in [3.05, 3.63) is 23.8 Å². The maximum absolute atomic E-state index is 10.6. The molecule has 21 heavy (non-hydrogen) atoms. The summed E-state index contributed by atoms with van der Waals surface area (Å²) in [6.45, 7) is 6.24. The molecule has 0 aromatic heterocycles. The zero-order valence-corrected chi connectivity index (χ0v) is 13.2. The van der Waals surface area contributed by atoms with Gasteiger partial charge in [0.25, 0.3) is 0 Å². The third-order valence-electron chi connectivity index (χ3n) is 3.94. The van der Waals surface area contributed by atoms with Gasteiger partial charge in [-0.25, -0.2) is 0 Å². The van der Waals surface area contributed by atoms with Crippen molar-refractivity contribution in [3.8, 4) is 11.5 Å². The van der Waals surface area contributed by atoms with Crippen LogP contribution in [-0.4, -0.2) is 56.1 Å². The summed E-state index contributed by atoms with van der Waals surface area (Å²) < 4.78 is 16.2. The fourth-order valence-corrected chi connectivity index (χ4v) is 2.65. The Kier molecular flexibility index (Phi) is 5.45. The van der Waals surface area contributed by atoms with Crippen molar-refractivity contribution in [1.29, 1.82) is 0 Å². The molecule has 1 saturated heterocycles. The molecule has 0 bridgehead atoms. The van der Waals surface area contributed by atoms with Gasteiger partial charge in [-0.05, 0) is 32.0 Å². The molecule has 1 N–H and O–H groups in total. The summed E-state index contributed by atoms with van der Waals surface area (Å²) in [5.74, 6) is 1.39. The molecule has 5 nitrogen and oxygen atoms in total. The van der Waals surface area contributed by atoms with Gasteiger partial charge in [0.1, 0.15) is 11.5 Å². The molecule has 0 radical (unpaired) electrons. The second-order valence-corrected chi connectivity index (χ2v) is 5.57. The molecule has 3 atom stereocenters. The lowest BCUT2D eigenvalue weighted by molar-refractivity contribution is -0.0621. The van der Waals surface area contributed by atoms with E-state index in [-0.39, 0.29) is 6.10 Å². The normalized spacial score (nSPS) is 24.6. The van der Waals surface area contributed by atoms with Gasteiger partial charge in [0.05, 0.1) is 33.0 Å². The first kappa shape index (κ1) is 16.1. The van der Waals surface area contributed by atoms with E-state index in [9.17, 15) is 5.11 Å². The molecule has 1 fully saturated rings.